The maximum absolute atomic E-state index is 12.8. The molecule has 0 atom stereocenters. The van der Waals surface area contributed by atoms with Gasteiger partial charge in [0.15, 0.2) is 0 Å². The second kappa shape index (κ2) is 4.93. The van der Waals surface area contributed by atoms with Gasteiger partial charge in [-0.2, -0.15) is 13.2 Å². The van der Waals surface area contributed by atoms with Gasteiger partial charge < -0.3 is 5.32 Å². The Kier molecular flexibility index (Phi) is 3.48. The number of alkyl halides is 3. The number of rotatable bonds is 1. The molecule has 1 aromatic heterocycles. The van der Waals surface area contributed by atoms with Crippen molar-refractivity contribution in [1.82, 2.24) is 9.55 Å². The first-order valence-corrected chi connectivity index (χ1v) is 5.42. The Labute approximate surface area is 110 Å². The van der Waals surface area contributed by atoms with Crippen molar-refractivity contribution in [2.75, 3.05) is 5.32 Å². The zero-order valence-electron chi connectivity index (χ0n) is 9.28. The Morgan fingerprint density at radius 1 is 1.37 bits per heavy atom. The summed E-state index contributed by atoms with van der Waals surface area (Å²) < 4.78 is 39.4. The molecule has 1 amide bonds. The summed E-state index contributed by atoms with van der Waals surface area (Å²) in [5.41, 5.74) is -1.48. The average Bonchev–Trinajstić information content (AvgIpc) is 2.83. The summed E-state index contributed by atoms with van der Waals surface area (Å²) in [4.78, 5) is 15.3. The summed E-state index contributed by atoms with van der Waals surface area (Å²) in [6.07, 6.45) is -0.807. The molecule has 0 spiro atoms. The highest BCUT2D eigenvalue weighted by molar-refractivity contribution is 6.34. The second-order valence-corrected chi connectivity index (χ2v) is 3.97. The van der Waals surface area contributed by atoms with Crippen LogP contribution >= 0.6 is 11.6 Å². The number of benzene rings is 1. The lowest BCUT2D eigenvalue weighted by molar-refractivity contribution is -0.136. The van der Waals surface area contributed by atoms with E-state index in [-0.39, 0.29) is 5.02 Å². The monoisotopic (exact) mass is 289 g/mol. The van der Waals surface area contributed by atoms with Crippen molar-refractivity contribution in [1.29, 1.82) is 0 Å². The number of amides is 1. The third kappa shape index (κ3) is 2.87. The van der Waals surface area contributed by atoms with Gasteiger partial charge in [0, 0.05) is 12.4 Å². The maximum atomic E-state index is 12.8. The number of nitrogens with one attached hydrogen (secondary N) is 1. The van der Waals surface area contributed by atoms with Crippen molar-refractivity contribution in [3.8, 4) is 0 Å². The number of hydrogen-bond donors (Lipinski definition) is 1. The molecule has 100 valence electrons. The summed E-state index contributed by atoms with van der Waals surface area (Å²) in [5.74, 6) is 0. The van der Waals surface area contributed by atoms with Crippen LogP contribution in [-0.4, -0.2) is 15.6 Å². The number of hydrogen-bond acceptors (Lipinski definition) is 2. The van der Waals surface area contributed by atoms with Crippen molar-refractivity contribution in [2.45, 2.75) is 6.18 Å². The van der Waals surface area contributed by atoms with E-state index in [1.54, 1.807) is 0 Å². The van der Waals surface area contributed by atoms with E-state index in [2.05, 4.69) is 10.3 Å². The van der Waals surface area contributed by atoms with E-state index in [4.69, 9.17) is 11.6 Å². The van der Waals surface area contributed by atoms with Gasteiger partial charge in [0.05, 0.1) is 16.3 Å². The highest BCUT2D eigenvalue weighted by atomic mass is 35.5. The van der Waals surface area contributed by atoms with Crippen molar-refractivity contribution < 1.29 is 18.0 Å². The molecule has 0 unspecified atom stereocenters. The summed E-state index contributed by atoms with van der Waals surface area (Å²) in [5, 5.41) is 1.93. The molecular weight excluding hydrogens is 283 g/mol. The molecule has 0 saturated carbocycles. The number of carbonyl (C=O) groups is 1. The Morgan fingerprint density at radius 3 is 2.68 bits per heavy atom. The normalized spacial score (nSPS) is 11.4. The molecule has 0 saturated heterocycles. The van der Waals surface area contributed by atoms with Crippen LogP contribution in [0.3, 0.4) is 0 Å². The van der Waals surface area contributed by atoms with Crippen LogP contribution in [0, 0.1) is 0 Å². The first-order chi connectivity index (χ1) is 8.89. The predicted molar refractivity (Wildman–Crippen MR) is 63.1 cm³/mol. The Hall–Kier alpha value is -2.02. The average molecular weight is 290 g/mol. The molecule has 1 heterocycles. The molecule has 2 rings (SSSR count). The number of anilines is 1. The van der Waals surface area contributed by atoms with Gasteiger partial charge >= 0.3 is 12.2 Å². The van der Waals surface area contributed by atoms with E-state index < -0.39 is 23.5 Å². The first kappa shape index (κ1) is 13.4. The maximum Gasteiger partial charge on any atom is 0.418 e. The predicted octanol–water partition coefficient (Wildman–Crippen LogP) is 3.64. The van der Waals surface area contributed by atoms with E-state index in [9.17, 15) is 18.0 Å². The van der Waals surface area contributed by atoms with Gasteiger partial charge in [-0.15, -0.1) is 0 Å². The highest BCUT2D eigenvalue weighted by Crippen LogP contribution is 2.38. The lowest BCUT2D eigenvalue weighted by Crippen LogP contribution is -2.21. The molecule has 0 radical (unpaired) electrons. The van der Waals surface area contributed by atoms with Crippen molar-refractivity contribution in [3.63, 3.8) is 0 Å². The molecule has 0 bridgehead atoms. The SMILES string of the molecule is O=C(Nc1c(Cl)cccc1C(F)(F)F)n1ccnc1. The van der Waals surface area contributed by atoms with Crippen molar-refractivity contribution >= 4 is 23.3 Å². The van der Waals surface area contributed by atoms with Crippen LogP contribution < -0.4 is 5.32 Å². The van der Waals surface area contributed by atoms with Gasteiger partial charge in [-0.25, -0.2) is 9.78 Å². The molecule has 0 fully saturated rings. The van der Waals surface area contributed by atoms with Crippen molar-refractivity contribution in [3.05, 3.63) is 47.5 Å². The smallest absolute Gasteiger partial charge is 0.305 e. The lowest BCUT2D eigenvalue weighted by Gasteiger charge is -2.15. The molecular formula is C11H7ClF3N3O. The molecule has 4 nitrogen and oxygen atoms in total. The molecule has 1 N–H and O–H groups in total. The lowest BCUT2D eigenvalue weighted by atomic mass is 10.1. The van der Waals surface area contributed by atoms with E-state index >= 15 is 0 Å². The van der Waals surface area contributed by atoms with E-state index in [0.717, 1.165) is 16.7 Å². The topological polar surface area (TPSA) is 46.9 Å². The Balaban J connectivity index is 2.37. The Bertz CT molecular complexity index is 596. The van der Waals surface area contributed by atoms with Crippen LogP contribution in [0.15, 0.2) is 36.9 Å². The van der Waals surface area contributed by atoms with E-state index in [0.29, 0.717) is 0 Å². The fourth-order valence-electron chi connectivity index (χ4n) is 1.44. The third-order valence-electron chi connectivity index (χ3n) is 2.29. The fraction of sp³-hybridized carbons (Fsp3) is 0.0909. The zero-order chi connectivity index (χ0) is 14.0. The Morgan fingerprint density at radius 2 is 2.11 bits per heavy atom. The van der Waals surface area contributed by atoms with Crippen LogP contribution in [0.25, 0.3) is 0 Å². The minimum Gasteiger partial charge on any atom is -0.305 e. The largest absolute Gasteiger partial charge is 0.418 e. The summed E-state index contributed by atoms with van der Waals surface area (Å²) in [6.45, 7) is 0. The standard InChI is InChI=1S/C11H7ClF3N3O/c12-8-3-1-2-7(11(13,14)15)9(8)17-10(19)18-5-4-16-6-18/h1-6H,(H,17,19). The molecule has 1 aromatic carbocycles. The molecule has 0 aliphatic rings. The molecule has 19 heavy (non-hydrogen) atoms. The van der Waals surface area contributed by atoms with E-state index in [1.165, 1.54) is 24.8 Å². The quantitative estimate of drug-likeness (QED) is 0.871. The fourth-order valence-corrected chi connectivity index (χ4v) is 1.66. The van der Waals surface area contributed by atoms with Crippen LogP contribution in [-0.2, 0) is 6.18 Å². The van der Waals surface area contributed by atoms with E-state index in [1.807, 2.05) is 0 Å². The van der Waals surface area contributed by atoms with Gasteiger partial charge in [-0.3, -0.25) is 4.57 Å². The molecule has 2 aromatic rings. The number of nitrogens with zero attached hydrogens (tertiary/aromatic N) is 2. The van der Waals surface area contributed by atoms with Gasteiger partial charge in [-0.1, -0.05) is 17.7 Å². The number of carbonyl (C=O) groups excluding carboxylic acids is 1. The number of halogens is 4. The van der Waals surface area contributed by atoms with Crippen molar-refractivity contribution in [2.24, 2.45) is 0 Å². The molecule has 0 aliphatic heterocycles. The minimum atomic E-state index is -4.61. The van der Waals surface area contributed by atoms with Gasteiger partial charge in [0.25, 0.3) is 0 Å². The van der Waals surface area contributed by atoms with Crippen LogP contribution in [0.2, 0.25) is 5.02 Å². The highest BCUT2D eigenvalue weighted by Gasteiger charge is 2.34. The third-order valence-corrected chi connectivity index (χ3v) is 2.60. The van der Waals surface area contributed by atoms with Gasteiger partial charge in [0.2, 0.25) is 0 Å². The molecule has 8 heteroatoms. The first-order valence-electron chi connectivity index (χ1n) is 5.04. The van der Waals surface area contributed by atoms with Crippen LogP contribution in [0.5, 0.6) is 0 Å². The van der Waals surface area contributed by atoms with Crippen LogP contribution in [0.4, 0.5) is 23.7 Å². The van der Waals surface area contributed by atoms with Crippen LogP contribution in [0.1, 0.15) is 5.56 Å². The second-order valence-electron chi connectivity index (χ2n) is 3.56. The zero-order valence-corrected chi connectivity index (χ0v) is 10.0. The summed E-state index contributed by atoms with van der Waals surface area (Å²) in [6, 6.07) is 2.49. The molecule has 0 aliphatic carbocycles. The number of imidazole rings is 1. The van der Waals surface area contributed by atoms with Gasteiger partial charge in [-0.05, 0) is 12.1 Å². The summed E-state index contributed by atoms with van der Waals surface area (Å²) in [7, 11) is 0. The minimum absolute atomic E-state index is 0.191. The number of aromatic nitrogens is 2. The van der Waals surface area contributed by atoms with Gasteiger partial charge in [0.1, 0.15) is 6.33 Å². The summed E-state index contributed by atoms with van der Waals surface area (Å²) >= 11 is 5.70. The number of para-hydroxylation sites is 1.